The van der Waals surface area contributed by atoms with Crippen LogP contribution >= 0.6 is 15.9 Å². The molecule has 0 bridgehead atoms. The molecule has 0 aliphatic heterocycles. The maximum Gasteiger partial charge on any atom is 0.308 e. The summed E-state index contributed by atoms with van der Waals surface area (Å²) in [6.07, 6.45) is 7.21. The number of methoxy groups -OCH3 is 1. The molecule has 2 aliphatic rings. The van der Waals surface area contributed by atoms with Crippen LogP contribution in [0.1, 0.15) is 31.4 Å². The van der Waals surface area contributed by atoms with E-state index in [4.69, 9.17) is 15.5 Å². The van der Waals surface area contributed by atoms with Gasteiger partial charge in [0.05, 0.1) is 42.0 Å². The van der Waals surface area contributed by atoms with Crippen LogP contribution in [0.15, 0.2) is 39.6 Å². The smallest absolute Gasteiger partial charge is 0.308 e. The lowest BCUT2D eigenvalue weighted by atomic mass is 9.81. The first kappa shape index (κ1) is 18.1. The quantitative estimate of drug-likeness (QED) is 0.581. The SMILES string of the molecule is COC(=O)C1CC(N=CC(=C(N)C2CC2)c2cnc3ccc(Br)cc3n2)C1. The number of nitrogens with zero attached hydrogens (tertiary/aromatic N) is 3. The van der Waals surface area contributed by atoms with Crippen LogP contribution in [0.25, 0.3) is 16.6 Å². The Morgan fingerprint density at radius 1 is 1.30 bits per heavy atom. The largest absolute Gasteiger partial charge is 0.469 e. The molecule has 1 aromatic heterocycles. The molecule has 140 valence electrons. The van der Waals surface area contributed by atoms with Crippen molar-refractivity contribution in [1.82, 2.24) is 9.97 Å². The van der Waals surface area contributed by atoms with E-state index in [2.05, 4.69) is 25.9 Å². The first-order chi connectivity index (χ1) is 13.0. The number of esters is 1. The monoisotopic (exact) mass is 428 g/mol. The number of fused-ring (bicyclic) bond motifs is 1. The minimum Gasteiger partial charge on any atom is -0.469 e. The number of aromatic nitrogens is 2. The molecule has 0 amide bonds. The molecule has 2 saturated carbocycles. The number of hydrogen-bond acceptors (Lipinski definition) is 6. The van der Waals surface area contributed by atoms with Gasteiger partial charge in [0.1, 0.15) is 0 Å². The van der Waals surface area contributed by atoms with E-state index >= 15 is 0 Å². The van der Waals surface area contributed by atoms with Crippen LogP contribution in [-0.4, -0.2) is 35.3 Å². The number of benzene rings is 1. The maximum absolute atomic E-state index is 11.5. The highest BCUT2D eigenvalue weighted by Gasteiger charge is 2.35. The molecule has 0 radical (unpaired) electrons. The van der Waals surface area contributed by atoms with E-state index in [1.54, 1.807) is 6.20 Å². The summed E-state index contributed by atoms with van der Waals surface area (Å²) >= 11 is 3.48. The molecule has 2 N–H and O–H groups in total. The highest BCUT2D eigenvalue weighted by atomic mass is 79.9. The lowest BCUT2D eigenvalue weighted by molar-refractivity contribution is -0.148. The number of rotatable bonds is 5. The van der Waals surface area contributed by atoms with Crippen LogP contribution < -0.4 is 5.73 Å². The number of ether oxygens (including phenoxy) is 1. The number of nitrogens with two attached hydrogens (primary N) is 1. The van der Waals surface area contributed by atoms with E-state index in [-0.39, 0.29) is 17.9 Å². The van der Waals surface area contributed by atoms with Crippen molar-refractivity contribution in [3.05, 3.63) is 40.3 Å². The van der Waals surface area contributed by atoms with Gasteiger partial charge in [-0.2, -0.15) is 0 Å². The Morgan fingerprint density at radius 3 is 2.78 bits per heavy atom. The molecule has 0 atom stereocenters. The highest BCUT2D eigenvalue weighted by Crippen LogP contribution is 2.37. The summed E-state index contributed by atoms with van der Waals surface area (Å²) in [5.74, 6) is 0.208. The Hall–Kier alpha value is -2.28. The summed E-state index contributed by atoms with van der Waals surface area (Å²) in [6, 6.07) is 5.94. The molecule has 1 heterocycles. The lowest BCUT2D eigenvalue weighted by Gasteiger charge is -2.30. The Bertz CT molecular complexity index is 946. The third-order valence-electron chi connectivity index (χ3n) is 5.17. The molecular weight excluding hydrogens is 408 g/mol. The van der Waals surface area contributed by atoms with E-state index in [1.807, 2.05) is 24.4 Å². The van der Waals surface area contributed by atoms with Gasteiger partial charge in [0.15, 0.2) is 0 Å². The van der Waals surface area contributed by atoms with Gasteiger partial charge < -0.3 is 10.5 Å². The van der Waals surface area contributed by atoms with Crippen molar-refractivity contribution in [2.75, 3.05) is 7.11 Å². The average Bonchev–Trinajstić information content (AvgIpc) is 3.47. The van der Waals surface area contributed by atoms with Crippen LogP contribution in [0.3, 0.4) is 0 Å². The molecular formula is C20H21BrN4O2. The number of allylic oxidation sites excluding steroid dienone is 2. The predicted octanol–water partition coefficient (Wildman–Crippen LogP) is 3.49. The fraction of sp³-hybridized carbons (Fsp3) is 0.400. The van der Waals surface area contributed by atoms with Crippen molar-refractivity contribution in [3.8, 4) is 0 Å². The Morgan fingerprint density at radius 2 is 2.07 bits per heavy atom. The van der Waals surface area contributed by atoms with Crippen molar-refractivity contribution in [2.45, 2.75) is 31.7 Å². The first-order valence-corrected chi connectivity index (χ1v) is 9.87. The number of carbonyl (C=O) groups is 1. The van der Waals surface area contributed by atoms with Gasteiger partial charge in [-0.05, 0) is 49.8 Å². The van der Waals surface area contributed by atoms with Crippen molar-refractivity contribution >= 4 is 44.7 Å². The molecule has 6 nitrogen and oxygen atoms in total. The van der Waals surface area contributed by atoms with Gasteiger partial charge >= 0.3 is 5.97 Å². The van der Waals surface area contributed by atoms with Gasteiger partial charge in [0, 0.05) is 22.0 Å². The van der Waals surface area contributed by atoms with Gasteiger partial charge in [0.25, 0.3) is 0 Å². The first-order valence-electron chi connectivity index (χ1n) is 9.08. The number of aliphatic imine (C=N–C) groups is 1. The van der Waals surface area contributed by atoms with Crippen LogP contribution in [-0.2, 0) is 9.53 Å². The maximum atomic E-state index is 11.5. The van der Waals surface area contributed by atoms with E-state index in [1.165, 1.54) is 7.11 Å². The fourth-order valence-corrected chi connectivity index (χ4v) is 3.61. The second-order valence-corrected chi connectivity index (χ2v) is 8.07. The van der Waals surface area contributed by atoms with Crippen molar-refractivity contribution in [1.29, 1.82) is 0 Å². The molecule has 1 aromatic carbocycles. The van der Waals surface area contributed by atoms with E-state index in [9.17, 15) is 4.79 Å². The summed E-state index contributed by atoms with van der Waals surface area (Å²) in [6.45, 7) is 0. The molecule has 7 heteroatoms. The van der Waals surface area contributed by atoms with Crippen LogP contribution in [0.2, 0.25) is 0 Å². The minimum absolute atomic E-state index is 0.0387. The zero-order valence-corrected chi connectivity index (χ0v) is 16.6. The van der Waals surface area contributed by atoms with Crippen LogP contribution in [0.5, 0.6) is 0 Å². The summed E-state index contributed by atoms with van der Waals surface area (Å²) in [5.41, 5.74) is 10.5. The van der Waals surface area contributed by atoms with E-state index in [0.29, 0.717) is 5.92 Å². The van der Waals surface area contributed by atoms with Gasteiger partial charge in [-0.25, -0.2) is 4.98 Å². The lowest BCUT2D eigenvalue weighted by Crippen LogP contribution is -2.34. The molecule has 2 fully saturated rings. The van der Waals surface area contributed by atoms with E-state index < -0.39 is 0 Å². The van der Waals surface area contributed by atoms with Gasteiger partial charge in [-0.1, -0.05) is 15.9 Å². The summed E-state index contributed by atoms with van der Waals surface area (Å²) in [7, 11) is 1.42. The van der Waals surface area contributed by atoms with Gasteiger partial charge in [0.2, 0.25) is 0 Å². The summed E-state index contributed by atoms with van der Waals surface area (Å²) in [4.78, 5) is 25.5. The highest BCUT2D eigenvalue weighted by molar-refractivity contribution is 9.10. The molecule has 4 rings (SSSR count). The molecule has 0 saturated heterocycles. The minimum atomic E-state index is -0.152. The Kier molecular flexibility index (Phi) is 4.95. The number of hydrogen-bond donors (Lipinski definition) is 1. The molecule has 27 heavy (non-hydrogen) atoms. The third kappa shape index (κ3) is 3.88. The summed E-state index contributed by atoms with van der Waals surface area (Å²) in [5, 5.41) is 0. The second-order valence-electron chi connectivity index (χ2n) is 7.16. The predicted molar refractivity (Wildman–Crippen MR) is 108 cm³/mol. The summed E-state index contributed by atoms with van der Waals surface area (Å²) < 4.78 is 5.74. The van der Waals surface area contributed by atoms with Crippen molar-refractivity contribution < 1.29 is 9.53 Å². The van der Waals surface area contributed by atoms with Crippen LogP contribution in [0.4, 0.5) is 0 Å². The topological polar surface area (TPSA) is 90.5 Å². The Labute approximate surface area is 166 Å². The fourth-order valence-electron chi connectivity index (χ4n) is 3.27. The Balaban J connectivity index is 1.60. The molecule has 0 unspecified atom stereocenters. The number of carbonyl (C=O) groups excluding carboxylic acids is 1. The average molecular weight is 429 g/mol. The van der Waals surface area contributed by atoms with Crippen LogP contribution in [0, 0.1) is 11.8 Å². The van der Waals surface area contributed by atoms with E-state index in [0.717, 1.165) is 58.2 Å². The zero-order chi connectivity index (χ0) is 19.0. The molecule has 2 aliphatic carbocycles. The third-order valence-corrected chi connectivity index (χ3v) is 5.66. The van der Waals surface area contributed by atoms with Crippen molar-refractivity contribution in [3.63, 3.8) is 0 Å². The van der Waals surface area contributed by atoms with Gasteiger partial charge in [-0.3, -0.25) is 14.8 Å². The number of halogens is 1. The molecule has 2 aromatic rings. The van der Waals surface area contributed by atoms with Gasteiger partial charge in [-0.15, -0.1) is 0 Å². The normalized spacial score (nSPS) is 23.2. The van der Waals surface area contributed by atoms with Crippen molar-refractivity contribution in [2.24, 2.45) is 22.6 Å². The standard InChI is InChI=1S/C20H21BrN4O2/c1-27-20(26)12-6-14(7-12)23-9-15(19(22)11-2-3-11)18-10-24-16-5-4-13(21)8-17(16)25-18/h4-5,8-12,14H,2-3,6-7,22H2,1H3. The molecule has 0 spiro atoms. The zero-order valence-electron chi connectivity index (χ0n) is 15.1. The second kappa shape index (κ2) is 7.38.